The van der Waals surface area contributed by atoms with E-state index in [-0.39, 0.29) is 31.9 Å². The van der Waals surface area contributed by atoms with E-state index in [9.17, 15) is 22.4 Å². The Morgan fingerprint density at radius 2 is 2.00 bits per heavy atom. The number of carbonyl (C=O) groups is 1. The molecule has 4 aromatic rings. The minimum Gasteiger partial charge on any atom is -0.353 e. The Morgan fingerprint density at radius 1 is 1.23 bits per heavy atom. The molecular weight excluding hydrogens is 466 g/mol. The number of anilines is 1. The van der Waals surface area contributed by atoms with Gasteiger partial charge in [-0.3, -0.25) is 4.79 Å². The number of amides is 1. The molecule has 0 unspecified atom stereocenters. The number of fused-ring (bicyclic) bond motifs is 2. The third kappa shape index (κ3) is 4.40. The number of carbonyl (C=O) groups excluding carboxylic acids is 1. The standard InChI is InChI=1S/C23H23F4N7O/c1-21(2,24)11-30-19(35)16-10-32-34-6-3-13(7-17(16)34)14-8-28-18-15(14)9-29-20(33-18)31-12-22(4-5-22)23(25,26)27/h3,6-10H,4-5,11-12H2,1-2H3,(H,30,35)(H2,28,29,31,33). The average molecular weight is 489 g/mol. The van der Waals surface area contributed by atoms with E-state index in [4.69, 9.17) is 0 Å². The van der Waals surface area contributed by atoms with E-state index >= 15 is 0 Å². The van der Waals surface area contributed by atoms with Gasteiger partial charge >= 0.3 is 6.18 Å². The van der Waals surface area contributed by atoms with E-state index < -0.39 is 23.2 Å². The molecule has 0 radical (unpaired) electrons. The molecule has 1 saturated carbocycles. The summed E-state index contributed by atoms with van der Waals surface area (Å²) < 4.78 is 54.8. The van der Waals surface area contributed by atoms with Crippen LogP contribution in [0.3, 0.4) is 0 Å². The first-order valence-electron chi connectivity index (χ1n) is 11.1. The SMILES string of the molecule is CC(C)(F)CNC(=O)c1cnn2ccc(-c3c[nH]c4nc(NCC5(C(F)(F)F)CC5)ncc34)cc12. The fraction of sp³-hybridized carbons (Fsp3) is 0.391. The second kappa shape index (κ2) is 7.92. The van der Waals surface area contributed by atoms with Crippen molar-refractivity contribution in [3.8, 4) is 11.1 Å². The third-order valence-electron chi connectivity index (χ3n) is 6.22. The molecule has 3 N–H and O–H groups in total. The molecule has 1 amide bonds. The Balaban J connectivity index is 1.39. The van der Waals surface area contributed by atoms with Gasteiger partial charge in [-0.25, -0.2) is 13.9 Å². The van der Waals surface area contributed by atoms with Gasteiger partial charge in [0.05, 0.1) is 29.2 Å². The highest BCUT2D eigenvalue weighted by Gasteiger charge is 2.62. The predicted octanol–water partition coefficient (Wildman–Crippen LogP) is 4.50. The van der Waals surface area contributed by atoms with E-state index in [1.807, 2.05) is 0 Å². The summed E-state index contributed by atoms with van der Waals surface area (Å²) in [6.07, 6.45) is 2.32. The number of alkyl halides is 4. The normalized spacial score (nSPS) is 15.5. The highest BCUT2D eigenvalue weighted by Crippen LogP contribution is 2.57. The molecule has 1 aliphatic rings. The number of rotatable bonds is 7. The smallest absolute Gasteiger partial charge is 0.353 e. The molecule has 0 atom stereocenters. The number of pyridine rings is 1. The van der Waals surface area contributed by atoms with Crippen LogP contribution in [0.2, 0.25) is 0 Å². The van der Waals surface area contributed by atoms with Gasteiger partial charge in [0.2, 0.25) is 5.95 Å². The van der Waals surface area contributed by atoms with Crippen molar-refractivity contribution in [3.63, 3.8) is 0 Å². The van der Waals surface area contributed by atoms with Gasteiger partial charge in [0.1, 0.15) is 11.3 Å². The van der Waals surface area contributed by atoms with Crippen molar-refractivity contribution >= 4 is 28.4 Å². The molecule has 0 aliphatic heterocycles. The van der Waals surface area contributed by atoms with Crippen molar-refractivity contribution in [2.45, 2.75) is 38.5 Å². The zero-order valence-electron chi connectivity index (χ0n) is 19.0. The van der Waals surface area contributed by atoms with Crippen molar-refractivity contribution in [1.82, 2.24) is 29.9 Å². The first-order valence-corrected chi connectivity index (χ1v) is 11.1. The summed E-state index contributed by atoms with van der Waals surface area (Å²) in [5.74, 6) is -0.324. The molecule has 184 valence electrons. The minimum absolute atomic E-state index is 0.0982. The van der Waals surface area contributed by atoms with E-state index in [0.717, 1.165) is 11.1 Å². The summed E-state index contributed by atoms with van der Waals surface area (Å²) in [7, 11) is 0. The highest BCUT2D eigenvalue weighted by atomic mass is 19.4. The topological polar surface area (TPSA) is 100 Å². The lowest BCUT2D eigenvalue weighted by molar-refractivity contribution is -0.182. The van der Waals surface area contributed by atoms with Crippen LogP contribution in [-0.2, 0) is 0 Å². The second-order valence-corrected chi connectivity index (χ2v) is 9.49. The number of nitrogens with one attached hydrogen (secondary N) is 3. The molecular formula is C23H23F4N7O. The van der Waals surface area contributed by atoms with Crippen LogP contribution in [0.4, 0.5) is 23.5 Å². The number of H-pyrrole nitrogens is 1. The Hall–Kier alpha value is -3.70. The predicted molar refractivity (Wildman–Crippen MR) is 122 cm³/mol. The van der Waals surface area contributed by atoms with Crippen LogP contribution in [0.15, 0.2) is 36.9 Å². The van der Waals surface area contributed by atoms with Gasteiger partial charge in [0.15, 0.2) is 0 Å². The molecule has 0 aromatic carbocycles. The number of halogens is 4. The molecule has 12 heteroatoms. The van der Waals surface area contributed by atoms with Gasteiger partial charge in [0, 0.05) is 36.1 Å². The summed E-state index contributed by atoms with van der Waals surface area (Å²) in [4.78, 5) is 24.1. The molecule has 0 spiro atoms. The second-order valence-electron chi connectivity index (χ2n) is 9.49. The monoisotopic (exact) mass is 489 g/mol. The van der Waals surface area contributed by atoms with E-state index in [1.165, 1.54) is 20.0 Å². The zero-order valence-corrected chi connectivity index (χ0v) is 19.0. The maximum absolute atomic E-state index is 13.8. The highest BCUT2D eigenvalue weighted by molar-refractivity contribution is 6.02. The van der Waals surface area contributed by atoms with Crippen molar-refractivity contribution < 1.29 is 22.4 Å². The van der Waals surface area contributed by atoms with Crippen molar-refractivity contribution in [2.24, 2.45) is 5.41 Å². The molecule has 4 heterocycles. The van der Waals surface area contributed by atoms with Gasteiger partial charge in [-0.15, -0.1) is 0 Å². The Kier molecular flexibility index (Phi) is 5.22. The maximum atomic E-state index is 13.8. The summed E-state index contributed by atoms with van der Waals surface area (Å²) in [6, 6.07) is 3.58. The van der Waals surface area contributed by atoms with E-state index in [1.54, 1.807) is 35.2 Å². The summed E-state index contributed by atoms with van der Waals surface area (Å²) in [5, 5.41) is 10.1. The van der Waals surface area contributed by atoms with Gasteiger partial charge in [-0.1, -0.05) is 0 Å². The van der Waals surface area contributed by atoms with Gasteiger partial charge in [-0.05, 0) is 44.4 Å². The minimum atomic E-state index is -4.26. The van der Waals surface area contributed by atoms with E-state index in [2.05, 4.69) is 30.7 Å². The summed E-state index contributed by atoms with van der Waals surface area (Å²) in [5.41, 5.74) is -0.442. The summed E-state index contributed by atoms with van der Waals surface area (Å²) >= 11 is 0. The first-order chi connectivity index (χ1) is 16.5. The van der Waals surface area contributed by atoms with Crippen LogP contribution in [0, 0.1) is 5.41 Å². The Bertz CT molecular complexity index is 1410. The van der Waals surface area contributed by atoms with Crippen LogP contribution < -0.4 is 10.6 Å². The van der Waals surface area contributed by atoms with Crippen LogP contribution in [0.1, 0.15) is 37.0 Å². The van der Waals surface area contributed by atoms with Crippen LogP contribution in [-0.4, -0.2) is 55.4 Å². The molecule has 0 bridgehead atoms. The molecule has 8 nitrogen and oxygen atoms in total. The lowest BCUT2D eigenvalue weighted by atomic mass is 10.1. The largest absolute Gasteiger partial charge is 0.396 e. The Labute approximate surface area is 197 Å². The lowest BCUT2D eigenvalue weighted by Gasteiger charge is -2.19. The number of hydrogen-bond donors (Lipinski definition) is 3. The molecule has 35 heavy (non-hydrogen) atoms. The fourth-order valence-corrected chi connectivity index (χ4v) is 3.90. The average Bonchev–Trinajstić information content (AvgIpc) is 3.31. The number of aromatic amines is 1. The number of hydrogen-bond acceptors (Lipinski definition) is 5. The maximum Gasteiger partial charge on any atom is 0.396 e. The van der Waals surface area contributed by atoms with Gasteiger partial charge in [-0.2, -0.15) is 23.3 Å². The van der Waals surface area contributed by atoms with Crippen molar-refractivity contribution in [3.05, 3.63) is 42.5 Å². The number of aromatic nitrogens is 5. The van der Waals surface area contributed by atoms with Crippen LogP contribution >= 0.6 is 0 Å². The zero-order chi connectivity index (χ0) is 25.0. The lowest BCUT2D eigenvalue weighted by Crippen LogP contribution is -2.35. The van der Waals surface area contributed by atoms with Crippen LogP contribution in [0.5, 0.6) is 0 Å². The van der Waals surface area contributed by atoms with Crippen molar-refractivity contribution in [1.29, 1.82) is 0 Å². The van der Waals surface area contributed by atoms with Gasteiger partial charge < -0.3 is 15.6 Å². The Morgan fingerprint density at radius 3 is 2.69 bits per heavy atom. The third-order valence-corrected chi connectivity index (χ3v) is 6.22. The molecule has 1 aliphatic carbocycles. The van der Waals surface area contributed by atoms with Crippen molar-refractivity contribution in [2.75, 3.05) is 18.4 Å². The molecule has 4 aromatic heterocycles. The molecule has 5 rings (SSSR count). The number of nitrogens with zero attached hydrogens (tertiary/aromatic N) is 4. The van der Waals surface area contributed by atoms with Crippen LogP contribution in [0.25, 0.3) is 27.7 Å². The fourth-order valence-electron chi connectivity index (χ4n) is 3.90. The quantitative estimate of drug-likeness (QED) is 0.332. The molecule has 0 saturated heterocycles. The van der Waals surface area contributed by atoms with E-state index in [0.29, 0.717) is 22.1 Å². The summed E-state index contributed by atoms with van der Waals surface area (Å²) in [6.45, 7) is 2.35. The molecule has 1 fully saturated rings. The van der Waals surface area contributed by atoms with Gasteiger partial charge in [0.25, 0.3) is 5.91 Å². The first kappa shape index (κ1) is 23.1.